The highest BCUT2D eigenvalue weighted by atomic mass is 16.4. The van der Waals surface area contributed by atoms with E-state index in [0.717, 1.165) is 18.7 Å². The lowest BCUT2D eigenvalue weighted by Gasteiger charge is -2.24. The summed E-state index contributed by atoms with van der Waals surface area (Å²) in [5.74, 6) is -1.10. The Kier molecular flexibility index (Phi) is 3.04. The Hall–Kier alpha value is -1.34. The van der Waals surface area contributed by atoms with Gasteiger partial charge < -0.3 is 10.0 Å². The summed E-state index contributed by atoms with van der Waals surface area (Å²) in [6.45, 7) is 1.68. The summed E-state index contributed by atoms with van der Waals surface area (Å²) in [5, 5.41) is 17.3. The maximum absolute atomic E-state index is 10.6. The van der Waals surface area contributed by atoms with Crippen LogP contribution < -0.4 is 0 Å². The van der Waals surface area contributed by atoms with Crippen molar-refractivity contribution in [3.05, 3.63) is 11.1 Å². The van der Waals surface area contributed by atoms with Crippen LogP contribution in [0.5, 0.6) is 0 Å². The van der Waals surface area contributed by atoms with Gasteiger partial charge in [-0.25, -0.2) is 4.79 Å². The number of aliphatic carboxylic acids is 1. The van der Waals surface area contributed by atoms with E-state index in [1.807, 2.05) is 7.05 Å². The molecule has 4 nitrogen and oxygen atoms in total. The average Bonchev–Trinajstić information content (AvgIpc) is 2.09. The summed E-state index contributed by atoms with van der Waals surface area (Å²) in [7, 11) is 1.99. The van der Waals surface area contributed by atoms with Gasteiger partial charge in [0.15, 0.2) is 0 Å². The molecule has 0 amide bonds. The lowest BCUT2D eigenvalue weighted by Crippen LogP contribution is -2.27. The predicted molar refractivity (Wildman–Crippen MR) is 47.0 cm³/mol. The fraction of sp³-hybridized carbons (Fsp3) is 0.556. The molecule has 1 aliphatic heterocycles. The van der Waals surface area contributed by atoms with Crippen LogP contribution in [0.3, 0.4) is 0 Å². The average molecular weight is 180 g/mol. The summed E-state index contributed by atoms with van der Waals surface area (Å²) >= 11 is 0. The summed E-state index contributed by atoms with van der Waals surface area (Å²) in [4.78, 5) is 12.7. The maximum Gasteiger partial charge on any atom is 0.346 e. The van der Waals surface area contributed by atoms with Crippen molar-refractivity contribution in [1.29, 1.82) is 5.26 Å². The first-order chi connectivity index (χ1) is 6.15. The molecule has 0 aromatic heterocycles. The first-order valence-electron chi connectivity index (χ1n) is 4.19. The number of carbonyl (C=O) groups is 1. The first-order valence-corrected chi connectivity index (χ1v) is 4.19. The van der Waals surface area contributed by atoms with Gasteiger partial charge in [0.05, 0.1) is 0 Å². The van der Waals surface area contributed by atoms with Crippen LogP contribution in [0, 0.1) is 11.3 Å². The molecule has 0 aromatic rings. The SMILES string of the molecule is CN1CCC(=C(C#N)C(=O)O)CC1. The molecule has 0 atom stereocenters. The van der Waals surface area contributed by atoms with Gasteiger partial charge in [0, 0.05) is 13.1 Å². The van der Waals surface area contributed by atoms with E-state index in [0.29, 0.717) is 12.8 Å². The molecule has 4 heteroatoms. The van der Waals surface area contributed by atoms with Crippen molar-refractivity contribution in [2.75, 3.05) is 20.1 Å². The molecule has 1 saturated heterocycles. The van der Waals surface area contributed by atoms with Crippen LogP contribution >= 0.6 is 0 Å². The third kappa shape index (κ3) is 2.30. The van der Waals surface area contributed by atoms with Gasteiger partial charge in [-0.1, -0.05) is 0 Å². The van der Waals surface area contributed by atoms with Crippen LogP contribution in [0.2, 0.25) is 0 Å². The number of piperidine rings is 1. The van der Waals surface area contributed by atoms with E-state index in [4.69, 9.17) is 10.4 Å². The van der Waals surface area contributed by atoms with Gasteiger partial charge >= 0.3 is 5.97 Å². The fourth-order valence-electron chi connectivity index (χ4n) is 1.42. The Morgan fingerprint density at radius 3 is 2.46 bits per heavy atom. The number of hydrogen-bond acceptors (Lipinski definition) is 3. The van der Waals surface area contributed by atoms with Crippen molar-refractivity contribution in [1.82, 2.24) is 4.90 Å². The minimum Gasteiger partial charge on any atom is -0.477 e. The van der Waals surface area contributed by atoms with Gasteiger partial charge in [-0.3, -0.25) is 0 Å². The molecular formula is C9H12N2O2. The summed E-state index contributed by atoms with van der Waals surface area (Å²) in [6.07, 6.45) is 1.40. The van der Waals surface area contributed by atoms with E-state index in [9.17, 15) is 4.79 Å². The Balaban J connectivity index is 2.80. The second-order valence-corrected chi connectivity index (χ2v) is 3.20. The summed E-state index contributed by atoms with van der Waals surface area (Å²) in [6, 6.07) is 1.75. The zero-order valence-electron chi connectivity index (χ0n) is 7.58. The van der Waals surface area contributed by atoms with Gasteiger partial charge in [0.1, 0.15) is 11.6 Å². The van der Waals surface area contributed by atoms with Crippen LogP contribution in [-0.4, -0.2) is 36.1 Å². The second-order valence-electron chi connectivity index (χ2n) is 3.20. The maximum atomic E-state index is 10.6. The largest absolute Gasteiger partial charge is 0.477 e. The van der Waals surface area contributed by atoms with Crippen molar-refractivity contribution < 1.29 is 9.90 Å². The molecule has 1 N–H and O–H groups in total. The van der Waals surface area contributed by atoms with Crippen molar-refractivity contribution in [2.24, 2.45) is 0 Å². The van der Waals surface area contributed by atoms with E-state index in [1.54, 1.807) is 6.07 Å². The van der Waals surface area contributed by atoms with Crippen molar-refractivity contribution in [2.45, 2.75) is 12.8 Å². The highest BCUT2D eigenvalue weighted by molar-refractivity contribution is 5.92. The van der Waals surface area contributed by atoms with E-state index in [2.05, 4.69) is 4.90 Å². The van der Waals surface area contributed by atoms with Crippen LogP contribution in [0.15, 0.2) is 11.1 Å². The number of rotatable bonds is 1. The first kappa shape index (κ1) is 9.75. The molecule has 1 rings (SSSR count). The monoisotopic (exact) mass is 180 g/mol. The van der Waals surface area contributed by atoms with E-state index in [-0.39, 0.29) is 5.57 Å². The highest BCUT2D eigenvalue weighted by Gasteiger charge is 2.18. The molecule has 70 valence electrons. The molecule has 0 aliphatic carbocycles. The van der Waals surface area contributed by atoms with Gasteiger partial charge in [-0.2, -0.15) is 5.26 Å². The van der Waals surface area contributed by atoms with E-state index in [1.165, 1.54) is 0 Å². The summed E-state index contributed by atoms with van der Waals surface area (Å²) < 4.78 is 0. The molecule has 1 aliphatic rings. The fourth-order valence-corrected chi connectivity index (χ4v) is 1.42. The van der Waals surface area contributed by atoms with Crippen molar-refractivity contribution in [3.8, 4) is 6.07 Å². The number of carboxylic acids is 1. The standard InChI is InChI=1S/C9H12N2O2/c1-11-4-2-7(3-5-11)8(6-10)9(12)13/h2-5H2,1H3,(H,12,13). The Morgan fingerprint density at radius 1 is 1.54 bits per heavy atom. The van der Waals surface area contributed by atoms with Crippen LogP contribution in [-0.2, 0) is 4.79 Å². The number of nitriles is 1. The third-order valence-electron chi connectivity index (χ3n) is 2.27. The molecule has 0 radical (unpaired) electrons. The van der Waals surface area contributed by atoms with Gasteiger partial charge in [-0.05, 0) is 25.5 Å². The molecular weight excluding hydrogens is 168 g/mol. The molecule has 0 spiro atoms. The molecule has 13 heavy (non-hydrogen) atoms. The van der Waals surface area contributed by atoms with Crippen molar-refractivity contribution in [3.63, 3.8) is 0 Å². The number of nitrogens with zero attached hydrogens (tertiary/aromatic N) is 2. The van der Waals surface area contributed by atoms with Gasteiger partial charge in [0.2, 0.25) is 0 Å². The Bertz CT molecular complexity index is 278. The predicted octanol–water partition coefficient (Wildman–Crippen LogP) is 0.617. The van der Waals surface area contributed by atoms with Gasteiger partial charge in [0.25, 0.3) is 0 Å². The lowest BCUT2D eigenvalue weighted by atomic mass is 9.99. The van der Waals surface area contributed by atoms with Crippen LogP contribution in [0.4, 0.5) is 0 Å². The van der Waals surface area contributed by atoms with Crippen LogP contribution in [0.25, 0.3) is 0 Å². The molecule has 0 bridgehead atoms. The molecule has 0 saturated carbocycles. The van der Waals surface area contributed by atoms with Crippen molar-refractivity contribution >= 4 is 5.97 Å². The zero-order chi connectivity index (χ0) is 9.84. The number of hydrogen-bond donors (Lipinski definition) is 1. The summed E-state index contributed by atoms with van der Waals surface area (Å²) in [5.41, 5.74) is 0.723. The molecule has 0 unspecified atom stereocenters. The lowest BCUT2D eigenvalue weighted by molar-refractivity contribution is -0.132. The normalized spacial score (nSPS) is 18.0. The Labute approximate surface area is 77.1 Å². The van der Waals surface area contributed by atoms with E-state index >= 15 is 0 Å². The minimum absolute atomic E-state index is 0.0619. The minimum atomic E-state index is -1.10. The molecule has 1 heterocycles. The molecule has 1 fully saturated rings. The van der Waals surface area contributed by atoms with E-state index < -0.39 is 5.97 Å². The third-order valence-corrected chi connectivity index (χ3v) is 2.27. The highest BCUT2D eigenvalue weighted by Crippen LogP contribution is 2.18. The molecule has 0 aromatic carbocycles. The topological polar surface area (TPSA) is 64.3 Å². The number of carboxylic acid groups (broad SMARTS) is 1. The zero-order valence-corrected chi connectivity index (χ0v) is 7.58. The Morgan fingerprint density at radius 2 is 2.08 bits per heavy atom. The number of likely N-dealkylation sites (tertiary alicyclic amines) is 1. The van der Waals surface area contributed by atoms with Gasteiger partial charge in [-0.15, -0.1) is 0 Å². The quantitative estimate of drug-likeness (QED) is 0.474. The van der Waals surface area contributed by atoms with Crippen LogP contribution in [0.1, 0.15) is 12.8 Å². The smallest absolute Gasteiger partial charge is 0.346 e. The second kappa shape index (κ2) is 4.06.